The monoisotopic (exact) mass is 415 g/mol. The number of allylic oxidation sites excluding steroid dienone is 8. The first kappa shape index (κ1) is 22.7. The molecule has 3 atom stereocenters. The lowest BCUT2D eigenvalue weighted by Crippen LogP contribution is -2.36. The number of hydrogen-bond donors (Lipinski definition) is 0. The first-order valence-electron chi connectivity index (χ1n) is 11.0. The molecule has 1 aromatic heterocycles. The Morgan fingerprint density at radius 2 is 2.06 bits per heavy atom. The van der Waals surface area contributed by atoms with Crippen molar-refractivity contribution in [1.29, 1.82) is 0 Å². The zero-order valence-electron chi connectivity index (χ0n) is 19.3. The average Bonchev–Trinajstić information content (AvgIpc) is 2.76. The van der Waals surface area contributed by atoms with Crippen LogP contribution in [0.3, 0.4) is 0 Å². The van der Waals surface area contributed by atoms with Crippen molar-refractivity contribution >= 4 is 22.1 Å². The molecule has 162 valence electrons. The molecule has 3 rings (SSSR count). The van der Waals surface area contributed by atoms with Crippen LogP contribution < -0.4 is 0 Å². The van der Waals surface area contributed by atoms with Crippen molar-refractivity contribution < 1.29 is 9.53 Å². The maximum Gasteiger partial charge on any atom is 0.155 e. The molecule has 3 nitrogen and oxygen atoms in total. The second-order valence-electron chi connectivity index (χ2n) is 8.66. The van der Waals surface area contributed by atoms with Gasteiger partial charge in [-0.3, -0.25) is 9.78 Å². The Balaban J connectivity index is 1.98. The predicted molar refractivity (Wildman–Crippen MR) is 129 cm³/mol. The molecule has 0 saturated carbocycles. The Morgan fingerprint density at radius 1 is 1.29 bits per heavy atom. The quantitative estimate of drug-likeness (QED) is 0.267. The number of hydrogen-bond acceptors (Lipinski definition) is 3. The summed E-state index contributed by atoms with van der Waals surface area (Å²) >= 11 is 0. The minimum atomic E-state index is -0.138. The summed E-state index contributed by atoms with van der Waals surface area (Å²) in [6.45, 7) is 10.6. The van der Waals surface area contributed by atoms with E-state index in [0.717, 1.165) is 12.1 Å². The summed E-state index contributed by atoms with van der Waals surface area (Å²) in [6, 6.07) is 10.5. The highest BCUT2D eigenvalue weighted by molar-refractivity contribution is 5.93. The topological polar surface area (TPSA) is 39.2 Å². The Hall–Kier alpha value is -2.94. The molecular weight excluding hydrogens is 382 g/mol. The van der Waals surface area contributed by atoms with Gasteiger partial charge in [-0.25, -0.2) is 0 Å². The molecule has 0 radical (unpaired) electrons. The lowest BCUT2D eigenvalue weighted by molar-refractivity contribution is -0.112. The van der Waals surface area contributed by atoms with E-state index < -0.39 is 0 Å². The fourth-order valence-corrected chi connectivity index (χ4v) is 4.56. The van der Waals surface area contributed by atoms with Crippen molar-refractivity contribution in [2.75, 3.05) is 6.61 Å². The van der Waals surface area contributed by atoms with Gasteiger partial charge in [-0.2, -0.15) is 0 Å². The van der Waals surface area contributed by atoms with Gasteiger partial charge < -0.3 is 4.74 Å². The fraction of sp³-hybridized carbons (Fsp3) is 0.357. The number of nitrogens with zero attached hydrogens (tertiary/aromatic N) is 1. The highest BCUT2D eigenvalue weighted by Crippen LogP contribution is 2.48. The lowest BCUT2D eigenvalue weighted by atomic mass is 9.63. The molecule has 0 saturated heterocycles. The van der Waals surface area contributed by atoms with E-state index in [9.17, 15) is 4.79 Å². The molecule has 1 aliphatic rings. The van der Waals surface area contributed by atoms with Crippen LogP contribution in [0.2, 0.25) is 0 Å². The molecule has 1 aromatic carbocycles. The number of carbonyl (C=O) groups excluding carboxylic acids is 1. The number of benzene rings is 1. The third-order valence-electron chi connectivity index (χ3n) is 6.41. The smallest absolute Gasteiger partial charge is 0.155 e. The van der Waals surface area contributed by atoms with Gasteiger partial charge in [-0.05, 0) is 61.5 Å². The molecular formula is C28H33NO2. The molecule has 2 unspecified atom stereocenters. The van der Waals surface area contributed by atoms with E-state index in [1.165, 1.54) is 16.3 Å². The van der Waals surface area contributed by atoms with Crippen LogP contribution >= 0.6 is 0 Å². The van der Waals surface area contributed by atoms with Crippen molar-refractivity contribution in [3.05, 3.63) is 84.4 Å². The molecule has 0 spiro atoms. The van der Waals surface area contributed by atoms with Gasteiger partial charge in [-0.15, -0.1) is 0 Å². The second kappa shape index (κ2) is 9.91. The second-order valence-corrected chi connectivity index (χ2v) is 8.66. The minimum Gasteiger partial charge on any atom is -0.498 e. The number of aromatic nitrogens is 1. The van der Waals surface area contributed by atoms with Crippen LogP contribution in [0.1, 0.15) is 46.7 Å². The van der Waals surface area contributed by atoms with Crippen LogP contribution in [0.4, 0.5) is 0 Å². The summed E-state index contributed by atoms with van der Waals surface area (Å²) < 4.78 is 5.96. The van der Waals surface area contributed by atoms with Crippen molar-refractivity contribution in [3.63, 3.8) is 0 Å². The summed E-state index contributed by atoms with van der Waals surface area (Å²) in [5.74, 6) is 1.17. The fourth-order valence-electron chi connectivity index (χ4n) is 4.56. The molecule has 0 aliphatic heterocycles. The molecule has 0 bridgehead atoms. The van der Waals surface area contributed by atoms with Crippen LogP contribution in [0.25, 0.3) is 16.3 Å². The number of ether oxygens (including phenoxy) is 1. The highest BCUT2D eigenvalue weighted by atomic mass is 16.5. The summed E-state index contributed by atoms with van der Waals surface area (Å²) in [5, 5.41) is 2.39. The maximum atomic E-state index is 11.4. The molecule has 31 heavy (non-hydrogen) atoms. The average molecular weight is 416 g/mol. The Bertz CT molecular complexity index is 1050. The predicted octanol–water partition coefficient (Wildman–Crippen LogP) is 6.92. The number of ketones is 1. The zero-order chi connectivity index (χ0) is 22.4. The summed E-state index contributed by atoms with van der Waals surface area (Å²) in [6.07, 6.45) is 15.5. The van der Waals surface area contributed by atoms with Crippen LogP contribution in [0.5, 0.6) is 0 Å². The number of fused-ring (bicyclic) bond motifs is 1. The standard InChI is InChI=1S/C28H33NO2/c1-6-16-28(5,20(2)19-31-22(4)18-21(3)30)26-14-10-9-13-25(26)27-24-12-8-7-11-23(24)15-17-29-27/h6-13,15-18,20,26H,14,19H2,1-5H3/b16-6?,22-18-/t20-,26?,28?/m1/s1. The van der Waals surface area contributed by atoms with Gasteiger partial charge in [0, 0.05) is 17.7 Å². The van der Waals surface area contributed by atoms with E-state index in [-0.39, 0.29) is 23.0 Å². The van der Waals surface area contributed by atoms with E-state index in [4.69, 9.17) is 9.72 Å². The van der Waals surface area contributed by atoms with Gasteiger partial charge in [0.05, 0.1) is 18.1 Å². The molecule has 0 N–H and O–H groups in total. The van der Waals surface area contributed by atoms with Gasteiger partial charge in [0.15, 0.2) is 5.78 Å². The Kier molecular flexibility index (Phi) is 7.27. The summed E-state index contributed by atoms with van der Waals surface area (Å²) in [4.78, 5) is 16.2. The SMILES string of the molecule is CC=CC(C)(C1CC=CC=C1c1nccc2ccccc12)[C@H](C)CO/C(C)=C\C(C)=O. The van der Waals surface area contributed by atoms with E-state index in [0.29, 0.717) is 12.4 Å². The Morgan fingerprint density at radius 3 is 2.81 bits per heavy atom. The van der Waals surface area contributed by atoms with Crippen molar-refractivity contribution in [3.8, 4) is 0 Å². The van der Waals surface area contributed by atoms with Crippen LogP contribution in [-0.2, 0) is 9.53 Å². The highest BCUT2D eigenvalue weighted by Gasteiger charge is 2.40. The minimum absolute atomic E-state index is 0.00559. The maximum absolute atomic E-state index is 11.4. The number of carbonyl (C=O) groups is 1. The van der Waals surface area contributed by atoms with Gasteiger partial charge in [0.25, 0.3) is 0 Å². The zero-order valence-corrected chi connectivity index (χ0v) is 19.3. The first-order valence-corrected chi connectivity index (χ1v) is 11.0. The molecule has 0 amide bonds. The number of rotatable bonds is 8. The Labute approximate surface area is 186 Å². The van der Waals surface area contributed by atoms with Gasteiger partial charge in [-0.1, -0.05) is 68.5 Å². The molecule has 3 heteroatoms. The normalized spacial score (nSPS) is 19.8. The molecule has 2 aromatic rings. The first-order chi connectivity index (χ1) is 14.9. The summed E-state index contributed by atoms with van der Waals surface area (Å²) in [7, 11) is 0. The largest absolute Gasteiger partial charge is 0.498 e. The van der Waals surface area contributed by atoms with Crippen molar-refractivity contribution in [1.82, 2.24) is 4.98 Å². The van der Waals surface area contributed by atoms with Crippen LogP contribution in [0, 0.1) is 17.3 Å². The van der Waals surface area contributed by atoms with E-state index >= 15 is 0 Å². The van der Waals surface area contributed by atoms with Gasteiger partial charge in [0.1, 0.15) is 0 Å². The molecule has 1 heterocycles. The number of pyridine rings is 1. The van der Waals surface area contributed by atoms with Crippen LogP contribution in [0.15, 0.2) is 78.7 Å². The van der Waals surface area contributed by atoms with E-state index in [1.54, 1.807) is 13.0 Å². The van der Waals surface area contributed by atoms with Gasteiger partial charge in [0.2, 0.25) is 0 Å². The van der Waals surface area contributed by atoms with E-state index in [2.05, 4.69) is 81.5 Å². The molecule has 0 fully saturated rings. The van der Waals surface area contributed by atoms with Crippen molar-refractivity contribution in [2.24, 2.45) is 17.3 Å². The molecule has 1 aliphatic carbocycles. The van der Waals surface area contributed by atoms with Crippen LogP contribution in [-0.4, -0.2) is 17.4 Å². The van der Waals surface area contributed by atoms with E-state index in [1.807, 2.05) is 13.1 Å². The third kappa shape index (κ3) is 5.04. The van der Waals surface area contributed by atoms with Crippen molar-refractivity contribution in [2.45, 2.75) is 41.0 Å². The lowest BCUT2D eigenvalue weighted by Gasteiger charge is -2.42. The summed E-state index contributed by atoms with van der Waals surface area (Å²) in [5.41, 5.74) is 2.19. The van der Waals surface area contributed by atoms with Gasteiger partial charge >= 0.3 is 0 Å². The third-order valence-corrected chi connectivity index (χ3v) is 6.41.